The molecular formula is C14H12N2O5. The van der Waals surface area contributed by atoms with E-state index >= 15 is 0 Å². The second-order valence-corrected chi connectivity index (χ2v) is 4.40. The van der Waals surface area contributed by atoms with E-state index in [4.69, 9.17) is 9.84 Å². The van der Waals surface area contributed by atoms with Crippen LogP contribution in [0.2, 0.25) is 0 Å². The smallest absolute Gasteiger partial charge is 0.335 e. The van der Waals surface area contributed by atoms with Gasteiger partial charge in [0.2, 0.25) is 5.88 Å². The predicted octanol–water partition coefficient (Wildman–Crippen LogP) is 3.10. The molecule has 0 amide bonds. The summed E-state index contributed by atoms with van der Waals surface area (Å²) in [4.78, 5) is 25.1. The summed E-state index contributed by atoms with van der Waals surface area (Å²) in [6.07, 6.45) is 0. The first kappa shape index (κ1) is 14.4. The number of carboxylic acid groups (broad SMARTS) is 1. The van der Waals surface area contributed by atoms with Gasteiger partial charge in [-0.1, -0.05) is 0 Å². The van der Waals surface area contributed by atoms with Crippen LogP contribution < -0.4 is 4.74 Å². The third kappa shape index (κ3) is 3.14. The second kappa shape index (κ2) is 5.58. The maximum atomic E-state index is 10.9. The Morgan fingerprint density at radius 2 is 2.00 bits per heavy atom. The number of aryl methyl sites for hydroxylation is 2. The van der Waals surface area contributed by atoms with E-state index in [-0.39, 0.29) is 22.8 Å². The molecule has 0 saturated carbocycles. The zero-order valence-electron chi connectivity index (χ0n) is 11.4. The largest absolute Gasteiger partial charge is 0.478 e. The molecule has 7 heteroatoms. The van der Waals surface area contributed by atoms with Crippen LogP contribution in [0.3, 0.4) is 0 Å². The summed E-state index contributed by atoms with van der Waals surface area (Å²) in [6.45, 7) is 3.23. The van der Waals surface area contributed by atoms with E-state index in [0.29, 0.717) is 11.3 Å². The first-order chi connectivity index (χ1) is 9.88. The lowest BCUT2D eigenvalue weighted by Gasteiger charge is -2.09. The Bertz CT molecular complexity index is 727. The molecule has 1 heterocycles. The summed E-state index contributed by atoms with van der Waals surface area (Å²) < 4.78 is 5.53. The number of carbonyl (C=O) groups is 1. The molecule has 108 valence electrons. The van der Waals surface area contributed by atoms with Gasteiger partial charge in [0.15, 0.2) is 0 Å². The van der Waals surface area contributed by atoms with E-state index in [9.17, 15) is 14.9 Å². The number of pyridine rings is 1. The lowest BCUT2D eigenvalue weighted by molar-refractivity contribution is -0.385. The van der Waals surface area contributed by atoms with Crippen molar-refractivity contribution in [3.63, 3.8) is 0 Å². The average molecular weight is 288 g/mol. The second-order valence-electron chi connectivity index (χ2n) is 4.40. The van der Waals surface area contributed by atoms with Crippen molar-refractivity contribution in [2.45, 2.75) is 13.8 Å². The fraction of sp³-hybridized carbons (Fsp3) is 0.143. The van der Waals surface area contributed by atoms with Crippen LogP contribution in [-0.2, 0) is 0 Å². The van der Waals surface area contributed by atoms with Crippen molar-refractivity contribution in [3.8, 4) is 11.6 Å². The lowest BCUT2D eigenvalue weighted by atomic mass is 10.1. The van der Waals surface area contributed by atoms with Crippen molar-refractivity contribution in [2.24, 2.45) is 0 Å². The molecule has 0 aliphatic carbocycles. The van der Waals surface area contributed by atoms with E-state index in [1.807, 2.05) is 0 Å². The highest BCUT2D eigenvalue weighted by Crippen LogP contribution is 2.27. The highest BCUT2D eigenvalue weighted by Gasteiger charge is 2.13. The molecule has 2 aromatic rings. The monoisotopic (exact) mass is 288 g/mol. The minimum absolute atomic E-state index is 0.0831. The molecule has 0 aliphatic rings. The van der Waals surface area contributed by atoms with Crippen molar-refractivity contribution in [1.82, 2.24) is 4.98 Å². The number of benzene rings is 1. The zero-order valence-corrected chi connectivity index (χ0v) is 11.4. The highest BCUT2D eigenvalue weighted by atomic mass is 16.6. The van der Waals surface area contributed by atoms with Gasteiger partial charge in [-0.05, 0) is 37.6 Å². The Hall–Kier alpha value is -2.96. The van der Waals surface area contributed by atoms with Gasteiger partial charge in [-0.2, -0.15) is 0 Å². The molecule has 2 rings (SSSR count). The predicted molar refractivity (Wildman–Crippen MR) is 73.8 cm³/mol. The topological polar surface area (TPSA) is 103 Å². The van der Waals surface area contributed by atoms with Gasteiger partial charge in [-0.3, -0.25) is 10.1 Å². The van der Waals surface area contributed by atoms with Crippen LogP contribution in [0.5, 0.6) is 11.6 Å². The van der Waals surface area contributed by atoms with Crippen LogP contribution in [-0.4, -0.2) is 21.0 Å². The highest BCUT2D eigenvalue weighted by molar-refractivity contribution is 5.88. The maximum Gasteiger partial charge on any atom is 0.335 e. The molecule has 0 atom stereocenters. The summed E-state index contributed by atoms with van der Waals surface area (Å²) >= 11 is 0. The van der Waals surface area contributed by atoms with Crippen LogP contribution in [0.15, 0.2) is 30.3 Å². The van der Waals surface area contributed by atoms with E-state index in [2.05, 4.69) is 4.98 Å². The Kier molecular flexibility index (Phi) is 3.84. The normalized spacial score (nSPS) is 10.2. The molecule has 0 radical (unpaired) electrons. The fourth-order valence-corrected chi connectivity index (χ4v) is 1.79. The van der Waals surface area contributed by atoms with Gasteiger partial charge >= 0.3 is 5.97 Å². The van der Waals surface area contributed by atoms with Gasteiger partial charge in [0.25, 0.3) is 5.69 Å². The van der Waals surface area contributed by atoms with E-state index in [0.717, 1.165) is 0 Å². The van der Waals surface area contributed by atoms with Gasteiger partial charge < -0.3 is 9.84 Å². The van der Waals surface area contributed by atoms with Crippen LogP contribution in [0.1, 0.15) is 21.6 Å². The maximum absolute atomic E-state index is 10.9. The van der Waals surface area contributed by atoms with E-state index in [1.54, 1.807) is 6.92 Å². The summed E-state index contributed by atoms with van der Waals surface area (Å²) in [7, 11) is 0. The van der Waals surface area contributed by atoms with Crippen LogP contribution in [0.4, 0.5) is 5.69 Å². The first-order valence-corrected chi connectivity index (χ1v) is 6.02. The number of aromatic nitrogens is 1. The molecule has 0 fully saturated rings. The number of ether oxygens (including phenoxy) is 1. The standard InChI is InChI=1S/C14H12N2O5/c1-8-7-10(14(17)18)3-5-12(8)21-13-6-4-11(16(19)20)9(2)15-13/h3-7H,1-2H3,(H,17,18). The number of hydrogen-bond donors (Lipinski definition) is 1. The summed E-state index contributed by atoms with van der Waals surface area (Å²) in [6, 6.07) is 7.14. The Morgan fingerprint density at radius 3 is 2.52 bits per heavy atom. The molecule has 21 heavy (non-hydrogen) atoms. The van der Waals surface area contributed by atoms with Gasteiger partial charge in [-0.15, -0.1) is 0 Å². The van der Waals surface area contributed by atoms with Crippen LogP contribution in [0.25, 0.3) is 0 Å². The molecule has 1 N–H and O–H groups in total. The molecule has 7 nitrogen and oxygen atoms in total. The number of carboxylic acids is 1. The van der Waals surface area contributed by atoms with Crippen LogP contribution in [0, 0.1) is 24.0 Å². The fourth-order valence-electron chi connectivity index (χ4n) is 1.79. The van der Waals surface area contributed by atoms with Gasteiger partial charge in [-0.25, -0.2) is 9.78 Å². The van der Waals surface area contributed by atoms with Crippen molar-refractivity contribution < 1.29 is 19.6 Å². The molecule has 0 aliphatic heterocycles. The molecule has 1 aromatic heterocycles. The number of nitrogens with zero attached hydrogens (tertiary/aromatic N) is 2. The van der Waals surface area contributed by atoms with Gasteiger partial charge in [0.1, 0.15) is 11.4 Å². The number of hydrogen-bond acceptors (Lipinski definition) is 5. The number of rotatable bonds is 4. The molecule has 0 saturated heterocycles. The van der Waals surface area contributed by atoms with E-state index in [1.165, 1.54) is 37.3 Å². The van der Waals surface area contributed by atoms with E-state index < -0.39 is 10.9 Å². The first-order valence-electron chi connectivity index (χ1n) is 6.02. The van der Waals surface area contributed by atoms with Crippen molar-refractivity contribution in [1.29, 1.82) is 0 Å². The van der Waals surface area contributed by atoms with Crippen molar-refractivity contribution in [3.05, 3.63) is 57.3 Å². The SMILES string of the molecule is Cc1cc(C(=O)O)ccc1Oc1ccc([N+](=O)[O-])c(C)n1. The molecule has 0 spiro atoms. The Labute approximate surface area is 120 Å². The van der Waals surface area contributed by atoms with Crippen molar-refractivity contribution in [2.75, 3.05) is 0 Å². The summed E-state index contributed by atoms with van der Waals surface area (Å²) in [5.74, 6) is -0.362. The van der Waals surface area contributed by atoms with Crippen molar-refractivity contribution >= 4 is 11.7 Å². The Morgan fingerprint density at radius 1 is 1.29 bits per heavy atom. The number of aromatic carboxylic acids is 1. The van der Waals surface area contributed by atoms with Gasteiger partial charge in [0.05, 0.1) is 10.5 Å². The summed E-state index contributed by atoms with van der Waals surface area (Å²) in [5.41, 5.74) is 0.956. The number of nitro groups is 1. The minimum Gasteiger partial charge on any atom is -0.478 e. The molecule has 0 bridgehead atoms. The molecule has 0 unspecified atom stereocenters. The average Bonchev–Trinajstić information content (AvgIpc) is 2.40. The third-order valence-electron chi connectivity index (χ3n) is 2.87. The zero-order chi connectivity index (χ0) is 15.6. The molecule has 1 aromatic carbocycles. The van der Waals surface area contributed by atoms with Gasteiger partial charge in [0, 0.05) is 12.1 Å². The lowest BCUT2D eigenvalue weighted by Crippen LogP contribution is -1.99. The quantitative estimate of drug-likeness (QED) is 0.685. The molecular weight excluding hydrogens is 276 g/mol. The third-order valence-corrected chi connectivity index (χ3v) is 2.87. The minimum atomic E-state index is -1.02. The summed E-state index contributed by atoms with van der Waals surface area (Å²) in [5, 5.41) is 19.6. The Balaban J connectivity index is 2.28. The van der Waals surface area contributed by atoms with Crippen LogP contribution >= 0.6 is 0 Å².